The average molecular weight is 256 g/mol. The first kappa shape index (κ1) is 11.3. The molecule has 0 aliphatic carbocycles. The molecule has 0 bridgehead atoms. The van der Waals surface area contributed by atoms with Gasteiger partial charge in [0.05, 0.1) is 0 Å². The maximum atomic E-state index is 9.59. The summed E-state index contributed by atoms with van der Waals surface area (Å²) in [4.78, 5) is 0. The van der Waals surface area contributed by atoms with E-state index in [1.807, 2.05) is 13.0 Å². The number of hydrogen-bond donors (Lipinski definition) is 2. The maximum absolute atomic E-state index is 9.59. The topological polar surface area (TPSA) is 46.2 Å². The molecule has 0 spiro atoms. The first-order valence-electron chi connectivity index (χ1n) is 4.39. The first-order chi connectivity index (χ1) is 6.50. The Morgan fingerprint density at radius 3 is 2.86 bits per heavy atom. The molecule has 0 aliphatic rings. The van der Waals surface area contributed by atoms with Gasteiger partial charge in [-0.05, 0) is 31.5 Å². The fraction of sp³-hybridized carbons (Fsp3) is 0.273. The van der Waals surface area contributed by atoms with E-state index in [1.165, 1.54) is 0 Å². The summed E-state index contributed by atoms with van der Waals surface area (Å²) >= 11 is 3.34. The van der Waals surface area contributed by atoms with Crippen molar-refractivity contribution in [1.29, 1.82) is 0 Å². The molecule has 1 aromatic rings. The second-order valence-corrected chi connectivity index (χ2v) is 4.39. The summed E-state index contributed by atoms with van der Waals surface area (Å²) in [6.07, 6.45) is 0.685. The van der Waals surface area contributed by atoms with Crippen LogP contribution in [0, 0.1) is 0 Å². The Bertz CT molecular complexity index is 349. The van der Waals surface area contributed by atoms with E-state index in [4.69, 9.17) is 5.73 Å². The molecule has 2 nitrogen and oxygen atoms in total. The van der Waals surface area contributed by atoms with Crippen molar-refractivity contribution in [2.75, 3.05) is 0 Å². The second-order valence-electron chi connectivity index (χ2n) is 3.47. The van der Waals surface area contributed by atoms with E-state index in [0.29, 0.717) is 6.42 Å². The smallest absolute Gasteiger partial charge is 0.120 e. The van der Waals surface area contributed by atoms with E-state index < -0.39 is 0 Å². The number of phenolic OH excluding ortho intramolecular Hbond substituents is 1. The van der Waals surface area contributed by atoms with E-state index in [9.17, 15) is 5.11 Å². The van der Waals surface area contributed by atoms with Crippen LogP contribution in [0.1, 0.15) is 24.9 Å². The number of rotatable bonds is 3. The Kier molecular flexibility index (Phi) is 3.72. The standard InChI is InChI=1S/C11H14BrNO/c1-7(2)5-10(13)9-6-8(12)3-4-11(9)14/h3-4,6,10,14H,1,5,13H2,2H3/t10-/m0/s1. The number of benzene rings is 1. The number of halogens is 1. The Balaban J connectivity index is 2.93. The molecule has 0 unspecified atom stereocenters. The molecular formula is C11H14BrNO. The van der Waals surface area contributed by atoms with Gasteiger partial charge in [-0.3, -0.25) is 0 Å². The summed E-state index contributed by atoms with van der Waals surface area (Å²) in [7, 11) is 0. The summed E-state index contributed by atoms with van der Waals surface area (Å²) < 4.78 is 0.919. The van der Waals surface area contributed by atoms with Crippen LogP contribution in [0.2, 0.25) is 0 Å². The molecular weight excluding hydrogens is 242 g/mol. The molecule has 76 valence electrons. The van der Waals surface area contributed by atoms with Crippen molar-refractivity contribution >= 4 is 15.9 Å². The van der Waals surface area contributed by atoms with Crippen LogP contribution in [0.5, 0.6) is 5.75 Å². The fourth-order valence-electron chi connectivity index (χ4n) is 1.31. The number of nitrogens with two attached hydrogens (primary N) is 1. The third kappa shape index (κ3) is 2.86. The van der Waals surface area contributed by atoms with Gasteiger partial charge in [0, 0.05) is 16.1 Å². The lowest BCUT2D eigenvalue weighted by Gasteiger charge is -2.13. The Morgan fingerprint density at radius 1 is 1.64 bits per heavy atom. The zero-order valence-corrected chi connectivity index (χ0v) is 9.71. The van der Waals surface area contributed by atoms with E-state index in [0.717, 1.165) is 15.6 Å². The van der Waals surface area contributed by atoms with Crippen molar-refractivity contribution in [3.05, 3.63) is 40.4 Å². The van der Waals surface area contributed by atoms with Gasteiger partial charge in [-0.1, -0.05) is 21.5 Å². The van der Waals surface area contributed by atoms with Crippen molar-refractivity contribution in [2.45, 2.75) is 19.4 Å². The molecule has 1 rings (SSSR count). The van der Waals surface area contributed by atoms with Crippen LogP contribution < -0.4 is 5.73 Å². The first-order valence-corrected chi connectivity index (χ1v) is 5.18. The van der Waals surface area contributed by atoms with Crippen molar-refractivity contribution in [3.63, 3.8) is 0 Å². The number of phenols is 1. The van der Waals surface area contributed by atoms with Gasteiger partial charge in [-0.25, -0.2) is 0 Å². The largest absolute Gasteiger partial charge is 0.508 e. The Hall–Kier alpha value is -0.800. The highest BCUT2D eigenvalue weighted by Crippen LogP contribution is 2.29. The zero-order chi connectivity index (χ0) is 10.7. The molecule has 1 atom stereocenters. The van der Waals surface area contributed by atoms with Crippen molar-refractivity contribution in [3.8, 4) is 5.75 Å². The van der Waals surface area contributed by atoms with E-state index in [-0.39, 0.29) is 11.8 Å². The molecule has 3 heteroatoms. The molecule has 0 aromatic heterocycles. The summed E-state index contributed by atoms with van der Waals surface area (Å²) in [6.45, 7) is 5.72. The van der Waals surface area contributed by atoms with Gasteiger partial charge in [0.25, 0.3) is 0 Å². The van der Waals surface area contributed by atoms with Crippen LogP contribution in [-0.4, -0.2) is 5.11 Å². The lowest BCUT2D eigenvalue weighted by atomic mass is 10.0. The Morgan fingerprint density at radius 2 is 2.29 bits per heavy atom. The van der Waals surface area contributed by atoms with Gasteiger partial charge < -0.3 is 10.8 Å². The van der Waals surface area contributed by atoms with Crippen molar-refractivity contribution in [1.82, 2.24) is 0 Å². The van der Waals surface area contributed by atoms with Gasteiger partial charge in [0.15, 0.2) is 0 Å². The normalized spacial score (nSPS) is 12.5. The van der Waals surface area contributed by atoms with Gasteiger partial charge in [0.1, 0.15) is 5.75 Å². The minimum absolute atomic E-state index is 0.190. The minimum Gasteiger partial charge on any atom is -0.508 e. The van der Waals surface area contributed by atoms with Gasteiger partial charge in [-0.2, -0.15) is 0 Å². The molecule has 0 saturated heterocycles. The SMILES string of the molecule is C=C(C)C[C@H](N)c1cc(Br)ccc1O. The second kappa shape index (κ2) is 4.62. The molecule has 0 saturated carbocycles. The molecule has 1 aromatic carbocycles. The molecule has 14 heavy (non-hydrogen) atoms. The maximum Gasteiger partial charge on any atom is 0.120 e. The molecule has 0 radical (unpaired) electrons. The van der Waals surface area contributed by atoms with Crippen LogP contribution in [0.3, 0.4) is 0 Å². The van der Waals surface area contributed by atoms with Crippen LogP contribution in [0.4, 0.5) is 0 Å². The lowest BCUT2D eigenvalue weighted by Crippen LogP contribution is -2.10. The van der Waals surface area contributed by atoms with E-state index in [2.05, 4.69) is 22.5 Å². The summed E-state index contributed by atoms with van der Waals surface area (Å²) in [5, 5.41) is 9.59. The van der Waals surface area contributed by atoms with Crippen molar-refractivity contribution in [2.24, 2.45) is 5.73 Å². The lowest BCUT2D eigenvalue weighted by molar-refractivity contribution is 0.461. The number of hydrogen-bond acceptors (Lipinski definition) is 2. The van der Waals surface area contributed by atoms with E-state index in [1.54, 1.807) is 12.1 Å². The number of aromatic hydroxyl groups is 1. The predicted molar refractivity (Wildman–Crippen MR) is 62.2 cm³/mol. The van der Waals surface area contributed by atoms with Gasteiger partial charge in [-0.15, -0.1) is 6.58 Å². The average Bonchev–Trinajstić information content (AvgIpc) is 2.08. The third-order valence-corrected chi connectivity index (χ3v) is 2.45. The molecule has 0 heterocycles. The zero-order valence-electron chi connectivity index (χ0n) is 8.13. The van der Waals surface area contributed by atoms with E-state index >= 15 is 0 Å². The third-order valence-electron chi connectivity index (χ3n) is 1.96. The summed E-state index contributed by atoms with van der Waals surface area (Å²) in [5.74, 6) is 0.238. The van der Waals surface area contributed by atoms with Crippen LogP contribution in [0.15, 0.2) is 34.8 Å². The van der Waals surface area contributed by atoms with Crippen LogP contribution in [0.25, 0.3) is 0 Å². The van der Waals surface area contributed by atoms with Gasteiger partial charge >= 0.3 is 0 Å². The Labute approximate surface area is 92.6 Å². The summed E-state index contributed by atoms with van der Waals surface area (Å²) in [5.41, 5.74) is 7.69. The fourth-order valence-corrected chi connectivity index (χ4v) is 1.69. The molecule has 0 aliphatic heterocycles. The minimum atomic E-state index is -0.190. The highest BCUT2D eigenvalue weighted by atomic mass is 79.9. The van der Waals surface area contributed by atoms with Crippen LogP contribution >= 0.6 is 15.9 Å². The van der Waals surface area contributed by atoms with Crippen molar-refractivity contribution < 1.29 is 5.11 Å². The monoisotopic (exact) mass is 255 g/mol. The van der Waals surface area contributed by atoms with Gasteiger partial charge in [0.2, 0.25) is 0 Å². The predicted octanol–water partition coefficient (Wildman–Crippen LogP) is 3.12. The quantitative estimate of drug-likeness (QED) is 0.816. The highest BCUT2D eigenvalue weighted by molar-refractivity contribution is 9.10. The van der Waals surface area contributed by atoms with Crippen LogP contribution in [-0.2, 0) is 0 Å². The molecule has 0 fully saturated rings. The molecule has 3 N–H and O–H groups in total. The summed E-state index contributed by atoms with van der Waals surface area (Å²) in [6, 6.07) is 5.07. The highest BCUT2D eigenvalue weighted by Gasteiger charge is 2.11. The molecule has 0 amide bonds.